The number of rotatable bonds is 10. The number of benzene rings is 2. The van der Waals surface area contributed by atoms with Crippen molar-refractivity contribution >= 4 is 21.6 Å². The molecule has 0 spiro atoms. The van der Waals surface area contributed by atoms with Gasteiger partial charge in [0.15, 0.2) is 0 Å². The molecular formula is C24H34N2O3S. The maximum absolute atomic E-state index is 12.5. The predicted molar refractivity (Wildman–Crippen MR) is 124 cm³/mol. The van der Waals surface area contributed by atoms with Crippen molar-refractivity contribution in [3.63, 3.8) is 0 Å². The van der Waals surface area contributed by atoms with E-state index in [2.05, 4.69) is 44.3 Å². The van der Waals surface area contributed by atoms with E-state index in [9.17, 15) is 13.2 Å². The Kier molecular flexibility index (Phi) is 8.47. The molecule has 164 valence electrons. The van der Waals surface area contributed by atoms with E-state index in [1.165, 1.54) is 21.7 Å². The largest absolute Gasteiger partial charge is 0.349 e. The lowest BCUT2D eigenvalue weighted by molar-refractivity contribution is -0.121. The van der Waals surface area contributed by atoms with E-state index in [1.807, 2.05) is 31.2 Å². The topological polar surface area (TPSA) is 66.5 Å². The van der Waals surface area contributed by atoms with Crippen LogP contribution in [0.3, 0.4) is 0 Å². The van der Waals surface area contributed by atoms with Crippen LogP contribution in [0.15, 0.2) is 42.5 Å². The molecule has 6 heteroatoms. The molecule has 2 aromatic carbocycles. The minimum absolute atomic E-state index is 0.0376. The first kappa shape index (κ1) is 23.9. The number of nitrogens with zero attached hydrogens (tertiary/aromatic N) is 1. The van der Waals surface area contributed by atoms with Crippen molar-refractivity contribution in [2.75, 3.05) is 17.1 Å². The molecule has 1 atom stereocenters. The van der Waals surface area contributed by atoms with Crippen LogP contribution in [-0.2, 0) is 21.2 Å². The van der Waals surface area contributed by atoms with E-state index in [4.69, 9.17) is 0 Å². The number of hydrogen-bond acceptors (Lipinski definition) is 3. The number of sulfonamides is 1. The van der Waals surface area contributed by atoms with Crippen LogP contribution in [0, 0.1) is 13.8 Å². The first-order valence-corrected chi connectivity index (χ1v) is 12.4. The summed E-state index contributed by atoms with van der Waals surface area (Å²) in [7, 11) is -3.41. The van der Waals surface area contributed by atoms with Gasteiger partial charge in [0.25, 0.3) is 0 Å². The minimum Gasteiger partial charge on any atom is -0.349 e. The van der Waals surface area contributed by atoms with E-state index >= 15 is 0 Å². The zero-order chi connectivity index (χ0) is 22.3. The van der Waals surface area contributed by atoms with Gasteiger partial charge in [-0.25, -0.2) is 8.42 Å². The fourth-order valence-corrected chi connectivity index (χ4v) is 4.40. The molecule has 0 bridgehead atoms. The van der Waals surface area contributed by atoms with Crippen LogP contribution < -0.4 is 9.62 Å². The van der Waals surface area contributed by atoms with Crippen molar-refractivity contribution in [1.29, 1.82) is 0 Å². The van der Waals surface area contributed by atoms with Crippen molar-refractivity contribution in [2.45, 2.75) is 59.4 Å². The molecular weight excluding hydrogens is 396 g/mol. The summed E-state index contributed by atoms with van der Waals surface area (Å²) in [6, 6.07) is 13.7. The number of amides is 1. The van der Waals surface area contributed by atoms with Crippen molar-refractivity contribution in [3.05, 3.63) is 64.7 Å². The molecule has 1 N–H and O–H groups in total. The summed E-state index contributed by atoms with van der Waals surface area (Å²) in [6.07, 6.45) is 3.64. The summed E-state index contributed by atoms with van der Waals surface area (Å²) in [5.41, 5.74) is 5.33. The highest BCUT2D eigenvalue weighted by atomic mass is 32.2. The molecule has 1 amide bonds. The van der Waals surface area contributed by atoms with Crippen molar-refractivity contribution in [1.82, 2.24) is 5.32 Å². The lowest BCUT2D eigenvalue weighted by Crippen LogP contribution is -2.33. The van der Waals surface area contributed by atoms with E-state index in [-0.39, 0.29) is 24.9 Å². The van der Waals surface area contributed by atoms with Crippen LogP contribution in [0.2, 0.25) is 0 Å². The lowest BCUT2D eigenvalue weighted by Gasteiger charge is -2.23. The predicted octanol–water partition coefficient (Wildman–Crippen LogP) is 4.68. The maximum Gasteiger partial charge on any atom is 0.232 e. The zero-order valence-corrected chi connectivity index (χ0v) is 19.6. The fraction of sp³-hybridized carbons (Fsp3) is 0.458. The molecule has 0 unspecified atom stereocenters. The SMILES string of the molecule is CCc1ccc(N(CCCC(=O)N[C@H](CC)c2ccc(C)c(C)c2)S(C)(=O)=O)cc1. The monoisotopic (exact) mass is 430 g/mol. The smallest absolute Gasteiger partial charge is 0.232 e. The normalized spacial score (nSPS) is 12.4. The van der Waals surface area contributed by atoms with Gasteiger partial charge in [-0.3, -0.25) is 9.10 Å². The third kappa shape index (κ3) is 6.59. The minimum atomic E-state index is -3.41. The second kappa shape index (κ2) is 10.6. The van der Waals surface area contributed by atoms with E-state index in [0.717, 1.165) is 24.0 Å². The van der Waals surface area contributed by atoms with Gasteiger partial charge in [0, 0.05) is 13.0 Å². The Balaban J connectivity index is 1.98. The van der Waals surface area contributed by atoms with Gasteiger partial charge in [0.05, 0.1) is 18.0 Å². The molecule has 0 aromatic heterocycles. The van der Waals surface area contributed by atoms with Gasteiger partial charge in [-0.2, -0.15) is 0 Å². The Labute approximate surface area is 181 Å². The Hall–Kier alpha value is -2.34. The average Bonchev–Trinajstić information content (AvgIpc) is 2.71. The molecule has 0 saturated heterocycles. The number of nitrogens with one attached hydrogen (secondary N) is 1. The standard InChI is InChI=1S/C24H34N2O3S/c1-6-20-11-14-22(15-12-20)26(30(5,28)29)16-8-9-24(27)25-23(7-2)21-13-10-18(3)19(4)17-21/h10-15,17,23H,6-9,16H2,1-5H3,(H,25,27)/t23-/m1/s1. The van der Waals surface area contributed by atoms with Crippen LogP contribution in [-0.4, -0.2) is 27.1 Å². The number of hydrogen-bond donors (Lipinski definition) is 1. The third-order valence-electron chi connectivity index (χ3n) is 5.47. The molecule has 0 saturated carbocycles. The lowest BCUT2D eigenvalue weighted by atomic mass is 9.99. The average molecular weight is 431 g/mol. The number of carbonyl (C=O) groups is 1. The van der Waals surface area contributed by atoms with Gasteiger partial charge < -0.3 is 5.32 Å². The van der Waals surface area contributed by atoms with E-state index < -0.39 is 10.0 Å². The van der Waals surface area contributed by atoms with Crippen LogP contribution >= 0.6 is 0 Å². The molecule has 0 aliphatic heterocycles. The Morgan fingerprint density at radius 1 is 1.03 bits per heavy atom. The molecule has 0 fully saturated rings. The van der Waals surface area contributed by atoms with Gasteiger partial charge in [-0.05, 0) is 67.5 Å². The summed E-state index contributed by atoms with van der Waals surface area (Å²) >= 11 is 0. The Bertz CT molecular complexity index is 953. The summed E-state index contributed by atoms with van der Waals surface area (Å²) in [5, 5.41) is 3.09. The molecule has 0 aliphatic carbocycles. The summed E-state index contributed by atoms with van der Waals surface area (Å²) in [4.78, 5) is 12.5. The highest BCUT2D eigenvalue weighted by molar-refractivity contribution is 7.92. The summed E-state index contributed by atoms with van der Waals surface area (Å²) in [5.74, 6) is -0.0603. The van der Waals surface area contributed by atoms with Crippen LogP contribution in [0.4, 0.5) is 5.69 Å². The van der Waals surface area contributed by atoms with E-state index in [0.29, 0.717) is 12.1 Å². The van der Waals surface area contributed by atoms with Crippen LogP contribution in [0.5, 0.6) is 0 Å². The highest BCUT2D eigenvalue weighted by Crippen LogP contribution is 2.21. The number of carbonyl (C=O) groups excluding carboxylic acids is 1. The molecule has 0 radical (unpaired) electrons. The second-order valence-electron chi connectivity index (χ2n) is 7.83. The molecule has 2 rings (SSSR count). The first-order valence-electron chi connectivity index (χ1n) is 10.6. The molecule has 5 nitrogen and oxygen atoms in total. The van der Waals surface area contributed by atoms with Crippen molar-refractivity contribution < 1.29 is 13.2 Å². The van der Waals surface area contributed by atoms with Gasteiger partial charge in [-0.15, -0.1) is 0 Å². The van der Waals surface area contributed by atoms with Crippen molar-refractivity contribution in [3.8, 4) is 0 Å². The first-order chi connectivity index (χ1) is 14.2. The molecule has 30 heavy (non-hydrogen) atoms. The van der Waals surface area contributed by atoms with Gasteiger partial charge in [0.2, 0.25) is 15.9 Å². The van der Waals surface area contributed by atoms with Crippen LogP contribution in [0.25, 0.3) is 0 Å². The van der Waals surface area contributed by atoms with Crippen LogP contribution in [0.1, 0.15) is 61.4 Å². The number of anilines is 1. The highest BCUT2D eigenvalue weighted by Gasteiger charge is 2.18. The fourth-order valence-electron chi connectivity index (χ4n) is 3.44. The zero-order valence-electron chi connectivity index (χ0n) is 18.7. The molecule has 2 aromatic rings. The molecule has 0 aliphatic rings. The Morgan fingerprint density at radius 2 is 1.70 bits per heavy atom. The summed E-state index contributed by atoms with van der Waals surface area (Å²) in [6.45, 7) is 8.52. The van der Waals surface area contributed by atoms with Crippen molar-refractivity contribution in [2.24, 2.45) is 0 Å². The van der Waals surface area contributed by atoms with Gasteiger partial charge >= 0.3 is 0 Å². The quantitative estimate of drug-likeness (QED) is 0.595. The summed E-state index contributed by atoms with van der Waals surface area (Å²) < 4.78 is 25.9. The van der Waals surface area contributed by atoms with Gasteiger partial charge in [0.1, 0.15) is 0 Å². The van der Waals surface area contributed by atoms with E-state index in [1.54, 1.807) is 0 Å². The Morgan fingerprint density at radius 3 is 2.23 bits per heavy atom. The number of aryl methyl sites for hydroxylation is 3. The maximum atomic E-state index is 12.5. The molecule has 0 heterocycles. The third-order valence-corrected chi connectivity index (χ3v) is 6.67. The van der Waals surface area contributed by atoms with Gasteiger partial charge in [-0.1, -0.05) is 44.2 Å². The second-order valence-corrected chi connectivity index (χ2v) is 9.74.